The third-order valence-corrected chi connectivity index (χ3v) is 4.11. The van der Waals surface area contributed by atoms with Crippen LogP contribution in [0.25, 0.3) is 0 Å². The molecule has 0 spiro atoms. The van der Waals surface area contributed by atoms with Gasteiger partial charge in [0.25, 0.3) is 0 Å². The lowest BCUT2D eigenvalue weighted by molar-refractivity contribution is 0.120. The SMILES string of the molecule is COc1ccccc1OCCN1CCCCC1CCCl. The molecule has 2 rings (SSSR count). The Kier molecular flexibility index (Phi) is 6.48. The Morgan fingerprint density at radius 2 is 2.05 bits per heavy atom. The van der Waals surface area contributed by atoms with Gasteiger partial charge in [-0.05, 0) is 37.9 Å². The summed E-state index contributed by atoms with van der Waals surface area (Å²) >= 11 is 5.90. The fraction of sp³-hybridized carbons (Fsp3) is 0.625. The van der Waals surface area contributed by atoms with Crippen molar-refractivity contribution >= 4 is 11.6 Å². The second-order valence-electron chi connectivity index (χ2n) is 5.16. The van der Waals surface area contributed by atoms with Crippen LogP contribution in [0.1, 0.15) is 25.7 Å². The number of piperidine rings is 1. The predicted molar refractivity (Wildman–Crippen MR) is 83.0 cm³/mol. The molecule has 0 amide bonds. The third kappa shape index (κ3) is 4.29. The van der Waals surface area contributed by atoms with Crippen molar-refractivity contribution in [2.75, 3.05) is 32.7 Å². The first-order chi connectivity index (χ1) is 9.85. The maximum Gasteiger partial charge on any atom is 0.161 e. The Hall–Kier alpha value is -0.930. The number of alkyl halides is 1. The zero-order valence-corrected chi connectivity index (χ0v) is 12.9. The van der Waals surface area contributed by atoms with Crippen molar-refractivity contribution in [3.63, 3.8) is 0 Å². The van der Waals surface area contributed by atoms with Gasteiger partial charge in [0.1, 0.15) is 6.61 Å². The molecule has 3 nitrogen and oxygen atoms in total. The second kappa shape index (κ2) is 8.38. The first-order valence-electron chi connectivity index (χ1n) is 7.41. The molecular weight excluding hydrogens is 274 g/mol. The summed E-state index contributed by atoms with van der Waals surface area (Å²) in [5, 5.41) is 0. The molecule has 112 valence electrons. The van der Waals surface area contributed by atoms with E-state index in [1.165, 1.54) is 19.3 Å². The highest BCUT2D eigenvalue weighted by molar-refractivity contribution is 6.17. The standard InChI is InChI=1S/C16H24ClNO2/c1-19-15-7-2-3-8-16(15)20-13-12-18-11-5-4-6-14(18)9-10-17/h2-3,7-8,14H,4-6,9-13H2,1H3. The summed E-state index contributed by atoms with van der Waals surface area (Å²) in [6.45, 7) is 2.82. The maximum absolute atomic E-state index is 5.90. The van der Waals surface area contributed by atoms with Crippen LogP contribution in [0, 0.1) is 0 Å². The molecule has 1 aliphatic rings. The minimum atomic E-state index is 0.627. The molecular formula is C16H24ClNO2. The van der Waals surface area contributed by atoms with E-state index in [9.17, 15) is 0 Å². The van der Waals surface area contributed by atoms with Gasteiger partial charge < -0.3 is 9.47 Å². The summed E-state index contributed by atoms with van der Waals surface area (Å²) in [5.74, 6) is 2.36. The van der Waals surface area contributed by atoms with Crippen LogP contribution in [-0.2, 0) is 0 Å². The van der Waals surface area contributed by atoms with E-state index in [2.05, 4.69) is 4.90 Å². The van der Waals surface area contributed by atoms with Crippen molar-refractivity contribution in [3.8, 4) is 11.5 Å². The van der Waals surface area contributed by atoms with Crippen LogP contribution in [0.4, 0.5) is 0 Å². The fourth-order valence-corrected chi connectivity index (χ4v) is 3.07. The number of nitrogens with zero attached hydrogens (tertiary/aromatic N) is 1. The molecule has 0 saturated carbocycles. The lowest BCUT2D eigenvalue weighted by atomic mass is 10.0. The second-order valence-corrected chi connectivity index (χ2v) is 5.54. The van der Waals surface area contributed by atoms with Crippen molar-refractivity contribution in [1.29, 1.82) is 0 Å². The molecule has 0 bridgehead atoms. The Labute approximate surface area is 126 Å². The minimum Gasteiger partial charge on any atom is -0.493 e. The van der Waals surface area contributed by atoms with Crippen molar-refractivity contribution in [3.05, 3.63) is 24.3 Å². The molecule has 1 saturated heterocycles. The number of ether oxygens (including phenoxy) is 2. The maximum atomic E-state index is 5.90. The molecule has 20 heavy (non-hydrogen) atoms. The molecule has 1 heterocycles. The average molecular weight is 298 g/mol. The van der Waals surface area contributed by atoms with E-state index in [1.807, 2.05) is 24.3 Å². The van der Waals surface area contributed by atoms with Gasteiger partial charge in [-0.1, -0.05) is 18.6 Å². The lowest BCUT2D eigenvalue weighted by Gasteiger charge is -2.35. The van der Waals surface area contributed by atoms with Crippen LogP contribution >= 0.6 is 11.6 Å². The molecule has 1 aliphatic heterocycles. The van der Waals surface area contributed by atoms with Crippen molar-refractivity contribution in [2.24, 2.45) is 0 Å². The monoisotopic (exact) mass is 297 g/mol. The van der Waals surface area contributed by atoms with Crippen LogP contribution in [0.15, 0.2) is 24.3 Å². The van der Waals surface area contributed by atoms with E-state index in [0.29, 0.717) is 12.6 Å². The highest BCUT2D eigenvalue weighted by atomic mass is 35.5. The zero-order valence-electron chi connectivity index (χ0n) is 12.2. The third-order valence-electron chi connectivity index (χ3n) is 3.90. The van der Waals surface area contributed by atoms with Crippen LogP contribution in [0.2, 0.25) is 0 Å². The molecule has 4 heteroatoms. The molecule has 1 unspecified atom stereocenters. The topological polar surface area (TPSA) is 21.7 Å². The van der Waals surface area contributed by atoms with Gasteiger partial charge in [0, 0.05) is 18.5 Å². The van der Waals surface area contributed by atoms with E-state index < -0.39 is 0 Å². The van der Waals surface area contributed by atoms with Gasteiger partial charge in [-0.15, -0.1) is 11.6 Å². The van der Waals surface area contributed by atoms with Crippen molar-refractivity contribution < 1.29 is 9.47 Å². The van der Waals surface area contributed by atoms with Gasteiger partial charge in [-0.2, -0.15) is 0 Å². The van der Waals surface area contributed by atoms with Gasteiger partial charge in [-0.3, -0.25) is 4.90 Å². The number of para-hydroxylation sites is 2. The molecule has 0 N–H and O–H groups in total. The largest absolute Gasteiger partial charge is 0.493 e. The van der Waals surface area contributed by atoms with Crippen LogP contribution in [0.5, 0.6) is 11.5 Å². The Morgan fingerprint density at radius 1 is 1.25 bits per heavy atom. The van der Waals surface area contributed by atoms with Crippen molar-refractivity contribution in [2.45, 2.75) is 31.7 Å². The van der Waals surface area contributed by atoms with Gasteiger partial charge in [0.15, 0.2) is 11.5 Å². The van der Waals surface area contributed by atoms with E-state index in [4.69, 9.17) is 21.1 Å². The molecule has 1 aromatic carbocycles. The molecule has 0 aliphatic carbocycles. The minimum absolute atomic E-state index is 0.627. The van der Waals surface area contributed by atoms with Crippen molar-refractivity contribution in [1.82, 2.24) is 4.90 Å². The molecule has 1 aromatic rings. The van der Waals surface area contributed by atoms with Crippen LogP contribution in [0.3, 0.4) is 0 Å². The lowest BCUT2D eigenvalue weighted by Crippen LogP contribution is -2.42. The van der Waals surface area contributed by atoms with Crippen LogP contribution in [-0.4, -0.2) is 43.6 Å². The van der Waals surface area contributed by atoms with Gasteiger partial charge in [0.05, 0.1) is 7.11 Å². The van der Waals surface area contributed by atoms with Gasteiger partial charge >= 0.3 is 0 Å². The summed E-state index contributed by atoms with van der Waals surface area (Å²) in [4.78, 5) is 2.52. The number of hydrogen-bond acceptors (Lipinski definition) is 3. The smallest absolute Gasteiger partial charge is 0.161 e. The first-order valence-corrected chi connectivity index (χ1v) is 7.94. The number of rotatable bonds is 7. The highest BCUT2D eigenvalue weighted by Crippen LogP contribution is 2.26. The quantitative estimate of drug-likeness (QED) is 0.718. The fourth-order valence-electron chi connectivity index (χ4n) is 2.82. The summed E-state index contributed by atoms with van der Waals surface area (Å²) in [7, 11) is 1.67. The number of halogens is 1. The summed E-state index contributed by atoms with van der Waals surface area (Å²) in [6, 6.07) is 8.42. The Bertz CT molecular complexity index is 398. The summed E-state index contributed by atoms with van der Waals surface area (Å²) in [5.41, 5.74) is 0. The summed E-state index contributed by atoms with van der Waals surface area (Å²) in [6.07, 6.45) is 4.95. The normalized spacial score (nSPS) is 19.8. The van der Waals surface area contributed by atoms with E-state index in [0.717, 1.165) is 36.9 Å². The van der Waals surface area contributed by atoms with Crippen LogP contribution < -0.4 is 9.47 Å². The van der Waals surface area contributed by atoms with Gasteiger partial charge in [-0.25, -0.2) is 0 Å². The molecule has 1 fully saturated rings. The number of methoxy groups -OCH3 is 1. The molecule has 0 radical (unpaired) electrons. The number of benzene rings is 1. The predicted octanol–water partition coefficient (Wildman–Crippen LogP) is 3.56. The Balaban J connectivity index is 1.82. The number of hydrogen-bond donors (Lipinski definition) is 0. The molecule has 0 aromatic heterocycles. The van der Waals surface area contributed by atoms with Gasteiger partial charge in [0.2, 0.25) is 0 Å². The first kappa shape index (κ1) is 15.5. The van der Waals surface area contributed by atoms with E-state index >= 15 is 0 Å². The highest BCUT2D eigenvalue weighted by Gasteiger charge is 2.21. The molecule has 1 atom stereocenters. The van der Waals surface area contributed by atoms with E-state index in [-0.39, 0.29) is 0 Å². The van der Waals surface area contributed by atoms with E-state index in [1.54, 1.807) is 7.11 Å². The zero-order chi connectivity index (χ0) is 14.2. The number of likely N-dealkylation sites (tertiary alicyclic amines) is 1. The summed E-state index contributed by atoms with van der Waals surface area (Å²) < 4.78 is 11.1. The average Bonchev–Trinajstić information content (AvgIpc) is 2.50. The Morgan fingerprint density at radius 3 is 2.80 bits per heavy atom.